The Hall–Kier alpha value is -0.610. The highest BCUT2D eigenvalue weighted by molar-refractivity contribution is 5.88. The van der Waals surface area contributed by atoms with Crippen LogP contribution >= 0.6 is 0 Å². The van der Waals surface area contributed by atoms with Crippen LogP contribution in [0.1, 0.15) is 125 Å². The van der Waals surface area contributed by atoms with Gasteiger partial charge in [-0.2, -0.15) is 0 Å². The van der Waals surface area contributed by atoms with Crippen LogP contribution in [0.3, 0.4) is 0 Å². The molecular weight excluding hydrogens is 360 g/mol. The van der Waals surface area contributed by atoms with Crippen LogP contribution in [0.25, 0.3) is 0 Å². The Kier molecular flexibility index (Phi) is 7.05. The molecule has 3 fully saturated rings. The molecule has 2 saturated heterocycles. The topological polar surface area (TPSA) is 41.6 Å². The molecule has 1 amide bonds. The summed E-state index contributed by atoms with van der Waals surface area (Å²) < 4.78 is 7.11. The summed E-state index contributed by atoms with van der Waals surface area (Å²) in [5.74, 6) is 0.272. The summed E-state index contributed by atoms with van der Waals surface area (Å²) in [6.45, 7) is 11.9. The van der Waals surface area contributed by atoms with Crippen LogP contribution in [0, 0.1) is 0 Å². The highest BCUT2D eigenvalue weighted by atomic mass is 16.6. The zero-order valence-electron chi connectivity index (χ0n) is 19.9. The van der Waals surface area contributed by atoms with Crippen molar-refractivity contribution in [1.29, 1.82) is 0 Å². The van der Waals surface area contributed by atoms with Crippen molar-refractivity contribution in [2.75, 3.05) is 6.54 Å². The molecule has 168 valence electrons. The van der Waals surface area contributed by atoms with Crippen molar-refractivity contribution in [1.82, 2.24) is 10.2 Å². The first kappa shape index (κ1) is 23.1. The number of nitrogens with zero attached hydrogens (tertiary/aromatic N) is 1. The summed E-state index contributed by atoms with van der Waals surface area (Å²) in [5.41, 5.74) is -1.25. The van der Waals surface area contributed by atoms with Crippen molar-refractivity contribution in [3.05, 3.63) is 0 Å². The zero-order valence-corrected chi connectivity index (χ0v) is 19.9. The first-order valence-electron chi connectivity index (χ1n) is 12.5. The fourth-order valence-corrected chi connectivity index (χ4v) is 6.68. The van der Waals surface area contributed by atoms with E-state index in [0.717, 1.165) is 38.6 Å². The number of carbonyl (C=O) groups is 1. The summed E-state index contributed by atoms with van der Waals surface area (Å²) >= 11 is 0. The molecule has 0 aromatic carbocycles. The van der Waals surface area contributed by atoms with Crippen LogP contribution < -0.4 is 5.32 Å². The Morgan fingerprint density at radius 3 is 1.72 bits per heavy atom. The van der Waals surface area contributed by atoms with Gasteiger partial charge in [-0.15, -0.1) is 0 Å². The lowest BCUT2D eigenvalue weighted by molar-refractivity contribution is -0.176. The molecule has 1 N–H and O–H groups in total. The second-order valence-corrected chi connectivity index (χ2v) is 11.4. The first-order chi connectivity index (χ1) is 13.6. The van der Waals surface area contributed by atoms with Crippen molar-refractivity contribution < 1.29 is 9.53 Å². The Morgan fingerprint density at radius 1 is 0.828 bits per heavy atom. The molecule has 0 unspecified atom stereocenters. The van der Waals surface area contributed by atoms with Gasteiger partial charge in [0.2, 0.25) is 0 Å². The van der Waals surface area contributed by atoms with Crippen molar-refractivity contribution >= 4 is 5.91 Å². The third-order valence-corrected chi connectivity index (χ3v) is 7.23. The van der Waals surface area contributed by atoms with Gasteiger partial charge >= 0.3 is 0 Å². The van der Waals surface area contributed by atoms with Gasteiger partial charge in [-0.3, -0.25) is 4.79 Å². The average Bonchev–Trinajstić information content (AvgIpc) is 2.78. The third-order valence-electron chi connectivity index (χ3n) is 7.23. The summed E-state index contributed by atoms with van der Waals surface area (Å²) in [6.07, 6.45) is 16.2. The predicted molar refractivity (Wildman–Crippen MR) is 120 cm³/mol. The molecule has 0 atom stereocenters. The van der Waals surface area contributed by atoms with E-state index < -0.39 is 5.60 Å². The standard InChI is InChI=1S/C25H46N2O2/c1-6-18-27-21(28)24(19-22(2,3)26-23(4,5)20-24)29-25(27)16-14-12-10-8-7-9-11-13-15-17-25/h26H,6-20H2,1-5H3. The van der Waals surface area contributed by atoms with Crippen molar-refractivity contribution in [3.63, 3.8) is 0 Å². The molecule has 4 heteroatoms. The van der Waals surface area contributed by atoms with E-state index in [-0.39, 0.29) is 22.7 Å². The SMILES string of the molecule is CCCN1C(=O)C2(CC(C)(C)NC(C)(C)C2)OC12CCCCCCCCCCC2. The average molecular weight is 407 g/mol. The Labute approximate surface area is 179 Å². The number of amides is 1. The van der Waals surface area contributed by atoms with E-state index in [1.165, 1.54) is 57.8 Å². The van der Waals surface area contributed by atoms with Gasteiger partial charge in [-0.05, 0) is 59.8 Å². The summed E-state index contributed by atoms with van der Waals surface area (Å²) in [7, 11) is 0. The van der Waals surface area contributed by atoms with Gasteiger partial charge in [0.25, 0.3) is 5.91 Å². The maximum absolute atomic E-state index is 14.0. The second-order valence-electron chi connectivity index (χ2n) is 11.4. The van der Waals surface area contributed by atoms with Gasteiger partial charge in [0.1, 0.15) is 5.72 Å². The molecule has 3 aliphatic rings. The van der Waals surface area contributed by atoms with E-state index in [9.17, 15) is 4.79 Å². The fraction of sp³-hybridized carbons (Fsp3) is 0.960. The van der Waals surface area contributed by atoms with Crippen LogP contribution in [0.15, 0.2) is 0 Å². The fourth-order valence-electron chi connectivity index (χ4n) is 6.68. The monoisotopic (exact) mass is 406 g/mol. The molecular formula is C25H46N2O2. The van der Waals surface area contributed by atoms with Gasteiger partial charge in [-0.25, -0.2) is 0 Å². The molecule has 4 nitrogen and oxygen atoms in total. The number of carbonyl (C=O) groups excluding carboxylic acids is 1. The lowest BCUT2D eigenvalue weighted by Gasteiger charge is -2.50. The van der Waals surface area contributed by atoms with E-state index in [4.69, 9.17) is 4.74 Å². The zero-order chi connectivity index (χ0) is 21.2. The van der Waals surface area contributed by atoms with Gasteiger partial charge < -0.3 is 15.0 Å². The molecule has 2 spiro atoms. The number of hydrogen-bond acceptors (Lipinski definition) is 3. The molecule has 1 aliphatic carbocycles. The van der Waals surface area contributed by atoms with Crippen molar-refractivity contribution in [2.24, 2.45) is 0 Å². The van der Waals surface area contributed by atoms with Crippen LogP contribution in [0.4, 0.5) is 0 Å². The summed E-state index contributed by atoms with van der Waals surface area (Å²) in [5, 5.41) is 3.75. The first-order valence-corrected chi connectivity index (χ1v) is 12.5. The summed E-state index contributed by atoms with van der Waals surface area (Å²) in [6, 6.07) is 0. The molecule has 2 aliphatic heterocycles. The minimum absolute atomic E-state index is 0.105. The Bertz CT molecular complexity index is 541. The molecule has 29 heavy (non-hydrogen) atoms. The van der Waals surface area contributed by atoms with Crippen molar-refractivity contribution in [2.45, 2.75) is 147 Å². The maximum atomic E-state index is 14.0. The maximum Gasteiger partial charge on any atom is 0.257 e. The van der Waals surface area contributed by atoms with Gasteiger partial charge in [-0.1, -0.05) is 51.9 Å². The quantitative estimate of drug-likeness (QED) is 0.617. The number of ether oxygens (including phenoxy) is 1. The largest absolute Gasteiger partial charge is 0.339 e. The number of nitrogens with one attached hydrogen (secondary N) is 1. The van der Waals surface area contributed by atoms with Gasteiger partial charge in [0, 0.05) is 30.5 Å². The molecule has 3 rings (SSSR count). The molecule has 2 heterocycles. The highest BCUT2D eigenvalue weighted by Crippen LogP contribution is 2.50. The Balaban J connectivity index is 1.91. The van der Waals surface area contributed by atoms with E-state index in [1.54, 1.807) is 0 Å². The lowest BCUT2D eigenvalue weighted by Crippen LogP contribution is -2.65. The Morgan fingerprint density at radius 2 is 1.28 bits per heavy atom. The van der Waals surface area contributed by atoms with Gasteiger partial charge in [0.15, 0.2) is 5.60 Å². The van der Waals surface area contributed by atoms with E-state index in [2.05, 4.69) is 44.8 Å². The second kappa shape index (κ2) is 8.86. The molecule has 1 saturated carbocycles. The number of hydrogen-bond donors (Lipinski definition) is 1. The lowest BCUT2D eigenvalue weighted by atomic mass is 9.72. The van der Waals surface area contributed by atoms with Crippen LogP contribution in [0.2, 0.25) is 0 Å². The minimum Gasteiger partial charge on any atom is -0.339 e. The number of rotatable bonds is 2. The highest BCUT2D eigenvalue weighted by Gasteiger charge is 2.64. The van der Waals surface area contributed by atoms with Crippen LogP contribution in [0.5, 0.6) is 0 Å². The smallest absolute Gasteiger partial charge is 0.257 e. The predicted octanol–water partition coefficient (Wildman–Crippen LogP) is 5.94. The molecule has 0 aromatic heterocycles. The van der Waals surface area contributed by atoms with E-state index >= 15 is 0 Å². The summed E-state index contributed by atoms with van der Waals surface area (Å²) in [4.78, 5) is 16.2. The minimum atomic E-state index is -0.662. The molecule has 0 bridgehead atoms. The molecule has 0 radical (unpaired) electrons. The van der Waals surface area contributed by atoms with Crippen molar-refractivity contribution in [3.8, 4) is 0 Å². The van der Waals surface area contributed by atoms with E-state index in [0.29, 0.717) is 0 Å². The number of piperidine rings is 1. The van der Waals surface area contributed by atoms with Crippen LogP contribution in [-0.4, -0.2) is 39.8 Å². The third kappa shape index (κ3) is 5.18. The van der Waals surface area contributed by atoms with Crippen LogP contribution in [-0.2, 0) is 9.53 Å². The van der Waals surface area contributed by atoms with Gasteiger partial charge in [0.05, 0.1) is 0 Å². The molecule has 0 aromatic rings. The normalized spacial score (nSPS) is 29.6. The van der Waals surface area contributed by atoms with E-state index in [1.807, 2.05) is 0 Å².